The normalized spacial score (nSPS) is 12.3. The van der Waals surface area contributed by atoms with Gasteiger partial charge in [-0.2, -0.15) is 0 Å². The van der Waals surface area contributed by atoms with Crippen molar-refractivity contribution in [3.63, 3.8) is 0 Å². The van der Waals surface area contributed by atoms with E-state index in [-0.39, 0.29) is 17.2 Å². The third-order valence-electron chi connectivity index (χ3n) is 1.83. The maximum absolute atomic E-state index is 13.2. The van der Waals surface area contributed by atoms with Gasteiger partial charge in [-0.1, -0.05) is 27.5 Å². The summed E-state index contributed by atoms with van der Waals surface area (Å²) in [6.07, 6.45) is -1.58. The zero-order valence-electron chi connectivity index (χ0n) is 8.34. The first-order chi connectivity index (χ1) is 7.47. The van der Waals surface area contributed by atoms with Crippen LogP contribution < -0.4 is 0 Å². The molecule has 0 bridgehead atoms. The minimum atomic E-state index is -1.58. The van der Waals surface area contributed by atoms with E-state index >= 15 is 0 Å². The molecule has 1 atom stereocenters. The topological polar surface area (TPSA) is 46.5 Å². The number of aliphatic hydroxyl groups is 1. The molecule has 3 nitrogen and oxygen atoms in total. The lowest BCUT2D eigenvalue weighted by molar-refractivity contribution is -0.153. The van der Waals surface area contributed by atoms with Crippen molar-refractivity contribution in [3.05, 3.63) is 33.0 Å². The summed E-state index contributed by atoms with van der Waals surface area (Å²) in [5.41, 5.74) is -0.0213. The molecule has 1 aromatic carbocycles. The summed E-state index contributed by atoms with van der Waals surface area (Å²) in [7, 11) is 0. The van der Waals surface area contributed by atoms with Crippen molar-refractivity contribution in [1.29, 1.82) is 0 Å². The summed E-state index contributed by atoms with van der Waals surface area (Å²) in [5.74, 6) is -1.57. The molecule has 0 fully saturated rings. The SMILES string of the molecule is CCOC(=O)C(O)c1cc(Br)cc(F)c1Cl. The average Bonchev–Trinajstić information content (AvgIpc) is 2.22. The number of carbonyl (C=O) groups is 1. The molecular weight excluding hydrogens is 302 g/mol. The van der Waals surface area contributed by atoms with Crippen molar-refractivity contribution in [2.24, 2.45) is 0 Å². The van der Waals surface area contributed by atoms with Gasteiger partial charge in [-0.3, -0.25) is 0 Å². The molecule has 1 rings (SSSR count). The third kappa shape index (κ3) is 2.93. The van der Waals surface area contributed by atoms with Crippen LogP contribution in [0.5, 0.6) is 0 Å². The van der Waals surface area contributed by atoms with E-state index in [2.05, 4.69) is 20.7 Å². The summed E-state index contributed by atoms with van der Waals surface area (Å²) in [5, 5.41) is 9.32. The summed E-state index contributed by atoms with van der Waals surface area (Å²) in [6, 6.07) is 2.51. The largest absolute Gasteiger partial charge is 0.464 e. The first kappa shape index (κ1) is 13.4. The van der Waals surface area contributed by atoms with E-state index in [1.807, 2.05) is 0 Å². The lowest BCUT2D eigenvalue weighted by Gasteiger charge is -2.12. The number of esters is 1. The Morgan fingerprint density at radius 2 is 2.31 bits per heavy atom. The highest BCUT2D eigenvalue weighted by Crippen LogP contribution is 2.30. The molecule has 0 spiro atoms. The summed E-state index contributed by atoms with van der Waals surface area (Å²) in [6.45, 7) is 1.73. The van der Waals surface area contributed by atoms with Crippen LogP contribution in [0.2, 0.25) is 5.02 Å². The quantitative estimate of drug-likeness (QED) is 0.690. The van der Waals surface area contributed by atoms with Crippen molar-refractivity contribution in [1.82, 2.24) is 0 Å². The van der Waals surface area contributed by atoms with Gasteiger partial charge in [-0.25, -0.2) is 9.18 Å². The van der Waals surface area contributed by atoms with E-state index in [4.69, 9.17) is 11.6 Å². The van der Waals surface area contributed by atoms with Crippen molar-refractivity contribution in [3.8, 4) is 0 Å². The first-order valence-corrected chi connectivity index (χ1v) is 5.63. The van der Waals surface area contributed by atoms with Gasteiger partial charge in [0.25, 0.3) is 0 Å². The molecule has 0 heterocycles. The molecule has 0 aliphatic rings. The highest BCUT2D eigenvalue weighted by Gasteiger charge is 2.23. The maximum atomic E-state index is 13.2. The van der Waals surface area contributed by atoms with Gasteiger partial charge >= 0.3 is 5.97 Å². The number of benzene rings is 1. The number of hydrogen-bond acceptors (Lipinski definition) is 3. The fraction of sp³-hybridized carbons (Fsp3) is 0.300. The molecule has 0 saturated heterocycles. The third-order valence-corrected chi connectivity index (χ3v) is 2.68. The predicted molar refractivity (Wildman–Crippen MR) is 60.7 cm³/mol. The molecule has 0 radical (unpaired) electrons. The Labute approximate surface area is 105 Å². The Kier molecular flexibility index (Phi) is 4.70. The number of aliphatic hydroxyl groups excluding tert-OH is 1. The standard InChI is InChI=1S/C10H9BrClFO3/c1-2-16-10(15)9(14)6-3-5(11)4-7(13)8(6)12/h3-4,9,14H,2H2,1H3. The van der Waals surface area contributed by atoms with Crippen LogP contribution in [0.15, 0.2) is 16.6 Å². The van der Waals surface area contributed by atoms with Gasteiger partial charge in [-0.05, 0) is 19.1 Å². The van der Waals surface area contributed by atoms with E-state index in [0.29, 0.717) is 4.47 Å². The van der Waals surface area contributed by atoms with Crippen LogP contribution in [0.25, 0.3) is 0 Å². The maximum Gasteiger partial charge on any atom is 0.339 e. The molecule has 0 amide bonds. The average molecular weight is 312 g/mol. The summed E-state index contributed by atoms with van der Waals surface area (Å²) >= 11 is 8.68. The molecule has 0 aliphatic heterocycles. The Hall–Kier alpha value is -0.650. The molecule has 16 heavy (non-hydrogen) atoms. The number of hydrogen-bond donors (Lipinski definition) is 1. The zero-order chi connectivity index (χ0) is 12.3. The minimum absolute atomic E-state index is 0.0213. The van der Waals surface area contributed by atoms with Crippen LogP contribution in [0.3, 0.4) is 0 Å². The van der Waals surface area contributed by atoms with Gasteiger partial charge < -0.3 is 9.84 Å². The Morgan fingerprint density at radius 3 is 2.88 bits per heavy atom. The fourth-order valence-corrected chi connectivity index (χ4v) is 1.78. The van der Waals surface area contributed by atoms with Crippen LogP contribution >= 0.6 is 27.5 Å². The van der Waals surface area contributed by atoms with Crippen LogP contribution in [-0.2, 0) is 9.53 Å². The molecule has 1 aromatic rings. The second-order valence-electron chi connectivity index (χ2n) is 2.95. The van der Waals surface area contributed by atoms with Gasteiger partial charge in [0.05, 0.1) is 11.6 Å². The van der Waals surface area contributed by atoms with Crippen molar-refractivity contribution < 1.29 is 19.0 Å². The molecule has 1 unspecified atom stereocenters. The highest BCUT2D eigenvalue weighted by molar-refractivity contribution is 9.10. The van der Waals surface area contributed by atoms with Crippen molar-refractivity contribution in [2.45, 2.75) is 13.0 Å². The molecule has 1 N–H and O–H groups in total. The second-order valence-corrected chi connectivity index (χ2v) is 4.24. The zero-order valence-corrected chi connectivity index (χ0v) is 10.7. The van der Waals surface area contributed by atoms with E-state index in [9.17, 15) is 14.3 Å². The van der Waals surface area contributed by atoms with Gasteiger partial charge in [-0.15, -0.1) is 0 Å². The number of carbonyl (C=O) groups excluding carboxylic acids is 1. The smallest absolute Gasteiger partial charge is 0.339 e. The van der Waals surface area contributed by atoms with Crippen molar-refractivity contribution >= 4 is 33.5 Å². The van der Waals surface area contributed by atoms with Crippen LogP contribution in [0.1, 0.15) is 18.6 Å². The van der Waals surface area contributed by atoms with Crippen LogP contribution in [0.4, 0.5) is 4.39 Å². The van der Waals surface area contributed by atoms with Gasteiger partial charge in [0, 0.05) is 10.0 Å². The fourth-order valence-electron chi connectivity index (χ4n) is 1.12. The molecule has 0 aromatic heterocycles. The lowest BCUT2D eigenvalue weighted by atomic mass is 10.1. The Morgan fingerprint density at radius 1 is 1.69 bits per heavy atom. The van der Waals surface area contributed by atoms with Gasteiger partial charge in [0.1, 0.15) is 5.82 Å². The lowest BCUT2D eigenvalue weighted by Crippen LogP contribution is -2.16. The monoisotopic (exact) mass is 310 g/mol. The van der Waals surface area contributed by atoms with E-state index in [1.54, 1.807) is 6.92 Å². The first-order valence-electron chi connectivity index (χ1n) is 4.46. The molecular formula is C10H9BrClFO3. The minimum Gasteiger partial charge on any atom is -0.464 e. The Balaban J connectivity index is 3.08. The number of ether oxygens (including phenoxy) is 1. The summed E-state index contributed by atoms with van der Waals surface area (Å²) < 4.78 is 18.2. The second kappa shape index (κ2) is 5.61. The molecule has 0 saturated carbocycles. The van der Waals surface area contributed by atoms with E-state index in [1.165, 1.54) is 6.07 Å². The van der Waals surface area contributed by atoms with E-state index < -0.39 is 17.9 Å². The highest BCUT2D eigenvalue weighted by atomic mass is 79.9. The molecule has 88 valence electrons. The molecule has 0 aliphatic carbocycles. The van der Waals surface area contributed by atoms with Gasteiger partial charge in [0.2, 0.25) is 0 Å². The summed E-state index contributed by atoms with van der Waals surface area (Å²) in [4.78, 5) is 11.2. The van der Waals surface area contributed by atoms with Crippen LogP contribution in [-0.4, -0.2) is 17.7 Å². The van der Waals surface area contributed by atoms with Crippen LogP contribution in [0, 0.1) is 5.82 Å². The van der Waals surface area contributed by atoms with E-state index in [0.717, 1.165) is 6.07 Å². The predicted octanol–water partition coefficient (Wildman–Crippen LogP) is 2.84. The van der Waals surface area contributed by atoms with Crippen molar-refractivity contribution in [2.75, 3.05) is 6.61 Å². The number of halogens is 3. The number of rotatable bonds is 3. The van der Waals surface area contributed by atoms with Gasteiger partial charge in [0.15, 0.2) is 6.10 Å². The molecule has 6 heteroatoms. The Bertz CT molecular complexity index is 411.